The second kappa shape index (κ2) is 4.20. The van der Waals surface area contributed by atoms with Crippen LogP contribution in [0.1, 0.15) is 5.89 Å². The lowest BCUT2D eigenvalue weighted by Crippen LogP contribution is -2.02. The largest absolute Gasteiger partial charge is 0.420 e. The molecular formula is C8H8BrN3OS. The Balaban J connectivity index is 2.24. The van der Waals surface area contributed by atoms with Gasteiger partial charge in [0.05, 0.1) is 8.66 Å². The summed E-state index contributed by atoms with van der Waals surface area (Å²) in [4.78, 5) is 0.965. The Morgan fingerprint density at radius 3 is 2.93 bits per heavy atom. The fourth-order valence-electron chi connectivity index (χ4n) is 1.01. The van der Waals surface area contributed by atoms with E-state index in [4.69, 9.17) is 10.2 Å². The van der Waals surface area contributed by atoms with E-state index < -0.39 is 0 Å². The zero-order chi connectivity index (χ0) is 9.97. The van der Waals surface area contributed by atoms with Gasteiger partial charge in [0, 0.05) is 13.0 Å². The van der Waals surface area contributed by atoms with Crippen molar-refractivity contribution < 1.29 is 4.42 Å². The maximum absolute atomic E-state index is 5.41. The molecule has 2 aromatic heterocycles. The average Bonchev–Trinajstić information content (AvgIpc) is 2.74. The number of aromatic nitrogens is 2. The number of hydrogen-bond donors (Lipinski definition) is 1. The normalized spacial score (nSPS) is 10.7. The standard InChI is InChI=1S/C8H8BrN3OS/c9-6-2-1-5(14-6)8-12-11-7(13-8)3-4-10/h1-2H,3-4,10H2. The Hall–Kier alpha value is -0.720. The van der Waals surface area contributed by atoms with Crippen LogP contribution in [-0.2, 0) is 6.42 Å². The Morgan fingerprint density at radius 1 is 1.43 bits per heavy atom. The first-order valence-electron chi connectivity index (χ1n) is 4.08. The SMILES string of the molecule is NCCc1nnc(-c2ccc(Br)s2)o1. The molecule has 0 aliphatic carbocycles. The quantitative estimate of drug-likeness (QED) is 0.930. The third kappa shape index (κ3) is 2.02. The summed E-state index contributed by atoms with van der Waals surface area (Å²) >= 11 is 4.94. The van der Waals surface area contributed by atoms with Crippen molar-refractivity contribution in [3.8, 4) is 10.8 Å². The number of hydrogen-bond acceptors (Lipinski definition) is 5. The number of nitrogens with two attached hydrogens (primary N) is 1. The summed E-state index contributed by atoms with van der Waals surface area (Å²) in [5.41, 5.74) is 5.38. The van der Waals surface area contributed by atoms with Crippen molar-refractivity contribution in [2.75, 3.05) is 6.54 Å². The van der Waals surface area contributed by atoms with Gasteiger partial charge in [-0.2, -0.15) is 0 Å². The van der Waals surface area contributed by atoms with Crippen molar-refractivity contribution in [2.45, 2.75) is 6.42 Å². The molecule has 74 valence electrons. The highest BCUT2D eigenvalue weighted by molar-refractivity contribution is 9.11. The van der Waals surface area contributed by atoms with Crippen LogP contribution in [0.3, 0.4) is 0 Å². The highest BCUT2D eigenvalue weighted by atomic mass is 79.9. The number of thiophene rings is 1. The molecule has 0 unspecified atom stereocenters. The van der Waals surface area contributed by atoms with Crippen molar-refractivity contribution in [1.29, 1.82) is 0 Å². The summed E-state index contributed by atoms with van der Waals surface area (Å²) in [5, 5.41) is 7.82. The van der Waals surface area contributed by atoms with Crippen LogP contribution >= 0.6 is 27.3 Å². The van der Waals surface area contributed by atoms with E-state index in [2.05, 4.69) is 26.1 Å². The Kier molecular flexibility index (Phi) is 2.95. The summed E-state index contributed by atoms with van der Waals surface area (Å²) in [6.07, 6.45) is 0.625. The lowest BCUT2D eigenvalue weighted by molar-refractivity contribution is 0.508. The highest BCUT2D eigenvalue weighted by Gasteiger charge is 2.09. The van der Waals surface area contributed by atoms with E-state index in [0.29, 0.717) is 24.7 Å². The van der Waals surface area contributed by atoms with Crippen LogP contribution in [0.5, 0.6) is 0 Å². The fourth-order valence-corrected chi connectivity index (χ4v) is 2.31. The van der Waals surface area contributed by atoms with Gasteiger partial charge >= 0.3 is 0 Å². The van der Waals surface area contributed by atoms with Crippen LogP contribution in [0, 0.1) is 0 Å². The Labute approximate surface area is 93.3 Å². The van der Waals surface area contributed by atoms with Crippen LogP contribution in [0.25, 0.3) is 10.8 Å². The lowest BCUT2D eigenvalue weighted by Gasteiger charge is -1.87. The third-order valence-corrected chi connectivity index (χ3v) is 3.22. The molecule has 2 N–H and O–H groups in total. The highest BCUT2D eigenvalue weighted by Crippen LogP contribution is 2.30. The molecule has 2 aromatic rings. The first-order valence-corrected chi connectivity index (χ1v) is 5.68. The van der Waals surface area contributed by atoms with E-state index >= 15 is 0 Å². The second-order valence-corrected chi connectivity index (χ2v) is 5.11. The predicted octanol–water partition coefficient (Wildman–Crippen LogP) is 2.06. The molecule has 4 nitrogen and oxygen atoms in total. The molecular weight excluding hydrogens is 266 g/mol. The van der Waals surface area contributed by atoms with Crippen molar-refractivity contribution in [2.24, 2.45) is 5.73 Å². The summed E-state index contributed by atoms with van der Waals surface area (Å²) in [5.74, 6) is 1.15. The molecule has 2 rings (SSSR count). The van der Waals surface area contributed by atoms with Gasteiger partial charge in [0.15, 0.2) is 0 Å². The van der Waals surface area contributed by atoms with Crippen molar-refractivity contribution in [1.82, 2.24) is 10.2 Å². The van der Waals surface area contributed by atoms with Crippen molar-refractivity contribution in [3.05, 3.63) is 21.8 Å². The zero-order valence-electron chi connectivity index (χ0n) is 7.24. The lowest BCUT2D eigenvalue weighted by atomic mass is 10.4. The van der Waals surface area contributed by atoms with Crippen LogP contribution in [-0.4, -0.2) is 16.7 Å². The number of halogens is 1. The van der Waals surface area contributed by atoms with Crippen molar-refractivity contribution >= 4 is 27.3 Å². The molecule has 0 radical (unpaired) electrons. The van der Waals surface area contributed by atoms with E-state index in [-0.39, 0.29) is 0 Å². The van der Waals surface area contributed by atoms with Gasteiger partial charge in [-0.05, 0) is 28.1 Å². The van der Waals surface area contributed by atoms with Crippen LogP contribution in [0.2, 0.25) is 0 Å². The summed E-state index contributed by atoms with van der Waals surface area (Å²) in [6.45, 7) is 0.524. The molecule has 2 heterocycles. The van der Waals surface area contributed by atoms with E-state index in [0.717, 1.165) is 8.66 Å². The van der Waals surface area contributed by atoms with Crippen LogP contribution < -0.4 is 5.73 Å². The molecule has 14 heavy (non-hydrogen) atoms. The van der Waals surface area contributed by atoms with Gasteiger partial charge in [-0.3, -0.25) is 0 Å². The summed E-state index contributed by atoms with van der Waals surface area (Å²) in [6, 6.07) is 3.89. The molecule has 0 saturated heterocycles. The molecule has 0 saturated carbocycles. The first-order chi connectivity index (χ1) is 6.79. The average molecular weight is 274 g/mol. The first kappa shape index (κ1) is 9.82. The van der Waals surface area contributed by atoms with E-state index in [1.54, 1.807) is 11.3 Å². The smallest absolute Gasteiger partial charge is 0.257 e. The second-order valence-electron chi connectivity index (χ2n) is 2.64. The van der Waals surface area contributed by atoms with Gasteiger partial charge in [0.2, 0.25) is 5.89 Å². The minimum atomic E-state index is 0.524. The van der Waals surface area contributed by atoms with Gasteiger partial charge < -0.3 is 10.2 Å². The van der Waals surface area contributed by atoms with Crippen LogP contribution in [0.4, 0.5) is 0 Å². The van der Waals surface area contributed by atoms with E-state index in [1.807, 2.05) is 12.1 Å². The van der Waals surface area contributed by atoms with Crippen molar-refractivity contribution in [3.63, 3.8) is 0 Å². The molecule has 0 spiro atoms. The van der Waals surface area contributed by atoms with E-state index in [1.165, 1.54) is 0 Å². The van der Waals surface area contributed by atoms with Gasteiger partial charge in [-0.15, -0.1) is 21.5 Å². The minimum absolute atomic E-state index is 0.524. The fraction of sp³-hybridized carbons (Fsp3) is 0.250. The predicted molar refractivity (Wildman–Crippen MR) is 58.1 cm³/mol. The maximum Gasteiger partial charge on any atom is 0.257 e. The van der Waals surface area contributed by atoms with Gasteiger partial charge in [-0.1, -0.05) is 0 Å². The summed E-state index contributed by atoms with van der Waals surface area (Å²) < 4.78 is 6.46. The monoisotopic (exact) mass is 273 g/mol. The van der Waals surface area contributed by atoms with E-state index in [9.17, 15) is 0 Å². The molecule has 0 amide bonds. The molecule has 0 fully saturated rings. The number of rotatable bonds is 3. The molecule has 0 bridgehead atoms. The zero-order valence-corrected chi connectivity index (χ0v) is 9.64. The van der Waals surface area contributed by atoms with Gasteiger partial charge in [0.25, 0.3) is 5.89 Å². The topological polar surface area (TPSA) is 64.9 Å². The Bertz CT molecular complexity index is 426. The third-order valence-electron chi connectivity index (χ3n) is 1.61. The minimum Gasteiger partial charge on any atom is -0.420 e. The van der Waals surface area contributed by atoms with Gasteiger partial charge in [0.1, 0.15) is 0 Å². The molecule has 0 atom stereocenters. The number of nitrogens with zero attached hydrogens (tertiary/aromatic N) is 2. The summed E-state index contributed by atoms with van der Waals surface area (Å²) in [7, 11) is 0. The maximum atomic E-state index is 5.41. The molecule has 0 aromatic carbocycles. The molecule has 6 heteroatoms. The Morgan fingerprint density at radius 2 is 2.29 bits per heavy atom. The van der Waals surface area contributed by atoms with Gasteiger partial charge in [-0.25, -0.2) is 0 Å². The molecule has 0 aliphatic rings. The molecule has 0 aliphatic heterocycles. The van der Waals surface area contributed by atoms with Crippen LogP contribution in [0.15, 0.2) is 20.3 Å².